The molecule has 1 aromatic heterocycles. The minimum absolute atomic E-state index is 0.320. The first-order chi connectivity index (χ1) is 7.60. The van der Waals surface area contributed by atoms with E-state index in [0.29, 0.717) is 22.0 Å². The molecule has 0 aromatic carbocycles. The van der Waals surface area contributed by atoms with Crippen molar-refractivity contribution < 1.29 is 14.3 Å². The molecule has 0 saturated carbocycles. The van der Waals surface area contributed by atoms with Crippen molar-refractivity contribution in [3.8, 4) is 0 Å². The summed E-state index contributed by atoms with van der Waals surface area (Å²) >= 11 is 5.81. The number of aryl methyl sites for hydroxylation is 1. The van der Waals surface area contributed by atoms with Gasteiger partial charge in [-0.25, -0.2) is 9.78 Å². The van der Waals surface area contributed by atoms with Gasteiger partial charge in [0, 0.05) is 0 Å². The summed E-state index contributed by atoms with van der Waals surface area (Å²) in [7, 11) is 2.83. The Bertz CT molecular complexity index is 429. The lowest BCUT2D eigenvalue weighted by molar-refractivity contribution is 0.0599. The van der Waals surface area contributed by atoms with E-state index in [9.17, 15) is 4.79 Å². The average molecular weight is 242 g/mol. The van der Waals surface area contributed by atoms with Gasteiger partial charge in [-0.1, -0.05) is 11.6 Å². The molecule has 0 aliphatic heterocycles. The van der Waals surface area contributed by atoms with Gasteiger partial charge in [0.2, 0.25) is 0 Å². The second kappa shape index (κ2) is 5.51. The Morgan fingerprint density at radius 3 is 2.75 bits per heavy atom. The number of hydrogen-bond donors (Lipinski definition) is 0. The fourth-order valence-corrected chi connectivity index (χ4v) is 1.53. The number of carbonyl (C=O) groups excluding carboxylic acids is 1. The Labute approximate surface area is 98.8 Å². The highest BCUT2D eigenvalue weighted by Crippen LogP contribution is 2.19. The van der Waals surface area contributed by atoms with Crippen molar-refractivity contribution in [2.45, 2.75) is 6.92 Å². The van der Waals surface area contributed by atoms with Crippen molar-refractivity contribution in [3.05, 3.63) is 34.3 Å². The van der Waals surface area contributed by atoms with E-state index in [-0.39, 0.29) is 0 Å². The lowest BCUT2D eigenvalue weighted by Crippen LogP contribution is -2.08. The molecule has 0 spiro atoms. The van der Waals surface area contributed by atoms with Crippen LogP contribution in [0.5, 0.6) is 0 Å². The molecule has 1 rings (SSSR count). The molecule has 0 amide bonds. The summed E-state index contributed by atoms with van der Waals surface area (Å²) in [5, 5.41) is 0.320. The van der Waals surface area contributed by atoms with Gasteiger partial charge >= 0.3 is 5.97 Å². The Morgan fingerprint density at radius 1 is 1.50 bits per heavy atom. The first kappa shape index (κ1) is 12.5. The van der Waals surface area contributed by atoms with Crippen molar-refractivity contribution in [2.75, 3.05) is 14.2 Å². The standard InChI is InChI=1S/C11H12ClNO3/c1-7-6-9(12)13-8(4-5-15-2)10(7)11(14)16-3/h4-6H,1-3H3/b5-4+. The molecule has 5 heteroatoms. The smallest absolute Gasteiger partial charge is 0.340 e. The number of pyridine rings is 1. The molecule has 0 bridgehead atoms. The summed E-state index contributed by atoms with van der Waals surface area (Å²) in [6.45, 7) is 1.77. The second-order valence-corrected chi connectivity index (χ2v) is 3.44. The number of ether oxygens (including phenoxy) is 2. The van der Waals surface area contributed by atoms with E-state index in [1.807, 2.05) is 0 Å². The van der Waals surface area contributed by atoms with Gasteiger partial charge in [0.25, 0.3) is 0 Å². The maximum atomic E-state index is 11.5. The number of aromatic nitrogens is 1. The van der Waals surface area contributed by atoms with Crippen LogP contribution < -0.4 is 0 Å². The van der Waals surface area contributed by atoms with Crippen LogP contribution in [0.25, 0.3) is 6.08 Å². The minimum atomic E-state index is -0.447. The highest BCUT2D eigenvalue weighted by Gasteiger charge is 2.15. The predicted molar refractivity (Wildman–Crippen MR) is 61.4 cm³/mol. The van der Waals surface area contributed by atoms with Crippen LogP contribution in [-0.4, -0.2) is 25.2 Å². The van der Waals surface area contributed by atoms with E-state index < -0.39 is 5.97 Å². The monoisotopic (exact) mass is 241 g/mol. The maximum absolute atomic E-state index is 11.5. The van der Waals surface area contributed by atoms with Crippen LogP contribution >= 0.6 is 11.6 Å². The lowest BCUT2D eigenvalue weighted by atomic mass is 10.1. The second-order valence-electron chi connectivity index (χ2n) is 3.05. The molecule has 4 nitrogen and oxygen atoms in total. The Kier molecular flexibility index (Phi) is 4.31. The molecule has 0 unspecified atom stereocenters. The number of methoxy groups -OCH3 is 2. The molecule has 1 aromatic rings. The fourth-order valence-electron chi connectivity index (χ4n) is 1.28. The van der Waals surface area contributed by atoms with Crippen molar-refractivity contribution in [3.63, 3.8) is 0 Å². The Morgan fingerprint density at radius 2 is 2.19 bits per heavy atom. The zero-order chi connectivity index (χ0) is 12.1. The van der Waals surface area contributed by atoms with Gasteiger partial charge in [-0.3, -0.25) is 0 Å². The SMILES string of the molecule is CO/C=C/c1nc(Cl)cc(C)c1C(=O)OC. The lowest BCUT2D eigenvalue weighted by Gasteiger charge is -2.07. The molecule has 0 N–H and O–H groups in total. The molecule has 0 atom stereocenters. The summed E-state index contributed by atoms with van der Waals surface area (Å²) in [5.41, 5.74) is 1.53. The summed E-state index contributed by atoms with van der Waals surface area (Å²) in [4.78, 5) is 15.6. The van der Waals surface area contributed by atoms with E-state index in [4.69, 9.17) is 16.3 Å². The van der Waals surface area contributed by atoms with Crippen LogP contribution in [0.3, 0.4) is 0 Å². The normalized spacial score (nSPS) is 10.5. The minimum Gasteiger partial charge on any atom is -0.504 e. The molecule has 0 saturated heterocycles. The Hall–Kier alpha value is -1.55. The van der Waals surface area contributed by atoms with Crippen molar-refractivity contribution >= 4 is 23.6 Å². The van der Waals surface area contributed by atoms with Crippen LogP contribution in [0.4, 0.5) is 0 Å². The number of esters is 1. The van der Waals surface area contributed by atoms with Crippen LogP contribution in [0.15, 0.2) is 12.3 Å². The first-order valence-electron chi connectivity index (χ1n) is 4.55. The molecule has 86 valence electrons. The highest BCUT2D eigenvalue weighted by molar-refractivity contribution is 6.29. The number of hydrogen-bond acceptors (Lipinski definition) is 4. The van der Waals surface area contributed by atoms with Gasteiger partial charge in [0.05, 0.1) is 31.7 Å². The summed E-state index contributed by atoms with van der Waals surface area (Å²) in [5.74, 6) is -0.447. The number of carbonyl (C=O) groups is 1. The van der Waals surface area contributed by atoms with Crippen molar-refractivity contribution in [2.24, 2.45) is 0 Å². The van der Waals surface area contributed by atoms with Gasteiger partial charge in [-0.05, 0) is 24.6 Å². The summed E-state index contributed by atoms with van der Waals surface area (Å²) in [6.07, 6.45) is 2.98. The largest absolute Gasteiger partial charge is 0.504 e. The number of nitrogens with zero attached hydrogens (tertiary/aromatic N) is 1. The van der Waals surface area contributed by atoms with Gasteiger partial charge in [0.15, 0.2) is 0 Å². The van der Waals surface area contributed by atoms with E-state index in [1.54, 1.807) is 19.1 Å². The van der Waals surface area contributed by atoms with E-state index >= 15 is 0 Å². The molecule has 16 heavy (non-hydrogen) atoms. The van der Waals surface area contributed by atoms with E-state index in [1.165, 1.54) is 20.5 Å². The predicted octanol–water partition coefficient (Wildman–Crippen LogP) is 2.45. The molecule has 0 aliphatic carbocycles. The van der Waals surface area contributed by atoms with Gasteiger partial charge in [-0.2, -0.15) is 0 Å². The van der Waals surface area contributed by atoms with Gasteiger partial charge in [0.1, 0.15) is 5.15 Å². The number of rotatable bonds is 3. The van der Waals surface area contributed by atoms with Crippen LogP contribution in [0.1, 0.15) is 21.6 Å². The van der Waals surface area contributed by atoms with Crippen molar-refractivity contribution in [1.29, 1.82) is 0 Å². The van der Waals surface area contributed by atoms with Gasteiger partial charge < -0.3 is 9.47 Å². The van der Waals surface area contributed by atoms with Crippen molar-refractivity contribution in [1.82, 2.24) is 4.98 Å². The quantitative estimate of drug-likeness (QED) is 0.463. The molecule has 0 radical (unpaired) electrons. The Balaban J connectivity index is 3.32. The average Bonchev–Trinajstić information content (AvgIpc) is 2.24. The third kappa shape index (κ3) is 2.73. The summed E-state index contributed by atoms with van der Waals surface area (Å²) < 4.78 is 9.46. The molecule has 1 heterocycles. The fraction of sp³-hybridized carbons (Fsp3) is 0.273. The number of halogens is 1. The molecular weight excluding hydrogens is 230 g/mol. The maximum Gasteiger partial charge on any atom is 0.340 e. The zero-order valence-electron chi connectivity index (χ0n) is 9.28. The molecule has 0 fully saturated rings. The van der Waals surface area contributed by atoms with Gasteiger partial charge in [-0.15, -0.1) is 0 Å². The van der Waals surface area contributed by atoms with Crippen LogP contribution in [0, 0.1) is 6.92 Å². The highest BCUT2D eigenvalue weighted by atomic mass is 35.5. The molecular formula is C11H12ClNO3. The third-order valence-corrected chi connectivity index (χ3v) is 2.16. The van der Waals surface area contributed by atoms with Crippen LogP contribution in [-0.2, 0) is 9.47 Å². The van der Waals surface area contributed by atoms with E-state index in [2.05, 4.69) is 9.72 Å². The molecule has 0 aliphatic rings. The third-order valence-electron chi connectivity index (χ3n) is 1.96. The summed E-state index contributed by atoms with van der Waals surface area (Å²) in [6, 6.07) is 1.61. The first-order valence-corrected chi connectivity index (χ1v) is 4.92. The zero-order valence-corrected chi connectivity index (χ0v) is 10.0. The topological polar surface area (TPSA) is 48.4 Å². The van der Waals surface area contributed by atoms with E-state index in [0.717, 1.165) is 0 Å². The van der Waals surface area contributed by atoms with Crippen LogP contribution in [0.2, 0.25) is 5.15 Å².